The molecule has 0 fully saturated rings. The monoisotopic (exact) mass is 322 g/mol. The highest BCUT2D eigenvalue weighted by atomic mass is 35.5. The molecule has 0 aliphatic heterocycles. The van der Waals surface area contributed by atoms with E-state index in [0.29, 0.717) is 11.6 Å². The third-order valence-electron chi connectivity index (χ3n) is 3.17. The van der Waals surface area contributed by atoms with Gasteiger partial charge in [0.15, 0.2) is 5.13 Å². The van der Waals surface area contributed by atoms with E-state index in [1.807, 2.05) is 31.2 Å². The molecule has 3 nitrogen and oxygen atoms in total. The standard InChI is InChI=1S/C16H19ClN2OS/c1-3-4-5-15(20)19-16-18-11(2)14(21-16)10-12-6-8-13(17)9-7-12/h6-9H,3-5,10H2,1-2H3,(H,18,19,20). The van der Waals surface area contributed by atoms with Gasteiger partial charge in [0.1, 0.15) is 0 Å². The van der Waals surface area contributed by atoms with Crippen LogP contribution in [0.1, 0.15) is 42.3 Å². The number of rotatable bonds is 6. The second-order valence-electron chi connectivity index (χ2n) is 4.98. The number of amides is 1. The fraction of sp³-hybridized carbons (Fsp3) is 0.375. The summed E-state index contributed by atoms with van der Waals surface area (Å²) in [5.74, 6) is 0.0450. The van der Waals surface area contributed by atoms with Crippen molar-refractivity contribution in [1.82, 2.24) is 4.98 Å². The zero-order valence-electron chi connectivity index (χ0n) is 12.3. The zero-order chi connectivity index (χ0) is 15.2. The predicted molar refractivity (Wildman–Crippen MR) is 89.3 cm³/mol. The fourth-order valence-corrected chi connectivity index (χ4v) is 3.09. The number of aromatic nitrogens is 1. The third kappa shape index (κ3) is 4.83. The molecule has 1 amide bonds. The summed E-state index contributed by atoms with van der Waals surface area (Å²) in [6, 6.07) is 7.81. The molecule has 0 radical (unpaired) electrons. The molecule has 1 N–H and O–H groups in total. The average molecular weight is 323 g/mol. The number of thiazole rings is 1. The van der Waals surface area contributed by atoms with Crippen LogP contribution in [0, 0.1) is 6.92 Å². The van der Waals surface area contributed by atoms with Crippen LogP contribution in [-0.2, 0) is 11.2 Å². The number of halogens is 1. The molecule has 0 unspecified atom stereocenters. The van der Waals surface area contributed by atoms with Crippen LogP contribution in [0.5, 0.6) is 0 Å². The van der Waals surface area contributed by atoms with Gasteiger partial charge in [0, 0.05) is 22.7 Å². The van der Waals surface area contributed by atoms with Crippen molar-refractivity contribution < 1.29 is 4.79 Å². The fourth-order valence-electron chi connectivity index (χ4n) is 1.95. The van der Waals surface area contributed by atoms with Gasteiger partial charge in [-0.2, -0.15) is 0 Å². The van der Waals surface area contributed by atoms with E-state index in [9.17, 15) is 4.79 Å². The molecule has 0 atom stereocenters. The molecule has 0 spiro atoms. The number of nitrogens with one attached hydrogen (secondary N) is 1. The number of hydrogen-bond donors (Lipinski definition) is 1. The molecular formula is C16H19ClN2OS. The van der Waals surface area contributed by atoms with Crippen molar-refractivity contribution in [1.29, 1.82) is 0 Å². The molecular weight excluding hydrogens is 304 g/mol. The van der Waals surface area contributed by atoms with Gasteiger partial charge >= 0.3 is 0 Å². The van der Waals surface area contributed by atoms with E-state index in [4.69, 9.17) is 11.6 Å². The molecule has 0 saturated carbocycles. The first-order chi connectivity index (χ1) is 10.1. The minimum Gasteiger partial charge on any atom is -0.302 e. The molecule has 1 aromatic heterocycles. The first-order valence-corrected chi connectivity index (χ1v) is 8.28. The van der Waals surface area contributed by atoms with E-state index in [1.165, 1.54) is 10.4 Å². The Morgan fingerprint density at radius 1 is 1.33 bits per heavy atom. The Hall–Kier alpha value is -1.39. The molecule has 0 saturated heterocycles. The highest BCUT2D eigenvalue weighted by Gasteiger charge is 2.10. The van der Waals surface area contributed by atoms with E-state index in [1.54, 1.807) is 11.3 Å². The number of nitrogens with zero attached hydrogens (tertiary/aromatic N) is 1. The first-order valence-electron chi connectivity index (χ1n) is 7.09. The van der Waals surface area contributed by atoms with Crippen LogP contribution in [0.2, 0.25) is 5.02 Å². The second-order valence-corrected chi connectivity index (χ2v) is 6.50. The van der Waals surface area contributed by atoms with Gasteiger partial charge in [-0.15, -0.1) is 11.3 Å². The number of hydrogen-bond acceptors (Lipinski definition) is 3. The van der Waals surface area contributed by atoms with Gasteiger partial charge < -0.3 is 5.32 Å². The number of aryl methyl sites for hydroxylation is 1. The third-order valence-corrected chi connectivity index (χ3v) is 4.50. The molecule has 21 heavy (non-hydrogen) atoms. The number of carbonyl (C=O) groups is 1. The molecule has 5 heteroatoms. The van der Waals surface area contributed by atoms with Gasteiger partial charge in [0.2, 0.25) is 5.91 Å². The topological polar surface area (TPSA) is 42.0 Å². The minimum atomic E-state index is 0.0450. The molecule has 2 rings (SSSR count). The Kier molecular flexibility index (Phi) is 5.76. The normalized spacial score (nSPS) is 10.6. The maximum Gasteiger partial charge on any atom is 0.226 e. The van der Waals surface area contributed by atoms with Crippen LogP contribution in [0.3, 0.4) is 0 Å². The summed E-state index contributed by atoms with van der Waals surface area (Å²) in [5, 5.41) is 4.31. The Morgan fingerprint density at radius 2 is 2.05 bits per heavy atom. The molecule has 1 aromatic carbocycles. The summed E-state index contributed by atoms with van der Waals surface area (Å²) in [6.07, 6.45) is 3.30. The summed E-state index contributed by atoms with van der Waals surface area (Å²) >= 11 is 7.44. The van der Waals surface area contributed by atoms with Crippen molar-refractivity contribution in [2.24, 2.45) is 0 Å². The van der Waals surface area contributed by atoms with E-state index >= 15 is 0 Å². The summed E-state index contributed by atoms with van der Waals surface area (Å²) in [6.45, 7) is 4.05. The first kappa shape index (κ1) is 16.0. The van der Waals surface area contributed by atoms with E-state index in [-0.39, 0.29) is 5.91 Å². The Labute approximate surface area is 134 Å². The minimum absolute atomic E-state index is 0.0450. The van der Waals surface area contributed by atoms with Crippen molar-refractivity contribution in [3.05, 3.63) is 45.4 Å². The highest BCUT2D eigenvalue weighted by Crippen LogP contribution is 2.25. The quantitative estimate of drug-likeness (QED) is 0.828. The number of carbonyl (C=O) groups excluding carboxylic acids is 1. The summed E-state index contributed by atoms with van der Waals surface area (Å²) in [7, 11) is 0. The van der Waals surface area contributed by atoms with Crippen molar-refractivity contribution in [3.63, 3.8) is 0 Å². The lowest BCUT2D eigenvalue weighted by Crippen LogP contribution is -2.10. The summed E-state index contributed by atoms with van der Waals surface area (Å²) in [4.78, 5) is 17.3. The van der Waals surface area contributed by atoms with E-state index < -0.39 is 0 Å². The number of benzene rings is 1. The van der Waals surface area contributed by atoms with Crippen LogP contribution < -0.4 is 5.32 Å². The maximum atomic E-state index is 11.7. The molecule has 1 heterocycles. The predicted octanol–water partition coefficient (Wildman–Crippen LogP) is 4.82. The molecule has 2 aromatic rings. The molecule has 0 bridgehead atoms. The molecule has 0 aliphatic rings. The smallest absolute Gasteiger partial charge is 0.226 e. The van der Waals surface area contributed by atoms with Crippen molar-refractivity contribution in [2.75, 3.05) is 5.32 Å². The molecule has 112 valence electrons. The van der Waals surface area contributed by atoms with Crippen LogP contribution >= 0.6 is 22.9 Å². The Bertz CT molecular complexity index is 607. The van der Waals surface area contributed by atoms with Crippen LogP contribution in [0.25, 0.3) is 0 Å². The van der Waals surface area contributed by atoms with E-state index in [2.05, 4.69) is 17.2 Å². The van der Waals surface area contributed by atoms with Crippen molar-refractivity contribution in [3.8, 4) is 0 Å². The van der Waals surface area contributed by atoms with Crippen LogP contribution in [0.4, 0.5) is 5.13 Å². The lowest BCUT2D eigenvalue weighted by atomic mass is 10.1. The van der Waals surface area contributed by atoms with Crippen molar-refractivity contribution >= 4 is 34.0 Å². The zero-order valence-corrected chi connectivity index (χ0v) is 13.9. The second kappa shape index (κ2) is 7.57. The maximum absolute atomic E-state index is 11.7. The number of anilines is 1. The van der Waals surface area contributed by atoms with Gasteiger partial charge in [0.25, 0.3) is 0 Å². The number of unbranched alkanes of at least 4 members (excludes halogenated alkanes) is 1. The van der Waals surface area contributed by atoms with Gasteiger partial charge in [0.05, 0.1) is 5.69 Å². The van der Waals surface area contributed by atoms with Gasteiger partial charge in [-0.25, -0.2) is 4.98 Å². The Morgan fingerprint density at radius 3 is 2.71 bits per heavy atom. The largest absolute Gasteiger partial charge is 0.302 e. The highest BCUT2D eigenvalue weighted by molar-refractivity contribution is 7.15. The van der Waals surface area contributed by atoms with Gasteiger partial charge in [-0.3, -0.25) is 4.79 Å². The SMILES string of the molecule is CCCCC(=O)Nc1nc(C)c(Cc2ccc(Cl)cc2)s1. The van der Waals surface area contributed by atoms with Crippen molar-refractivity contribution in [2.45, 2.75) is 39.5 Å². The van der Waals surface area contributed by atoms with Gasteiger partial charge in [-0.05, 0) is 31.0 Å². The summed E-state index contributed by atoms with van der Waals surface area (Å²) < 4.78 is 0. The average Bonchev–Trinajstić information content (AvgIpc) is 2.79. The van der Waals surface area contributed by atoms with E-state index in [0.717, 1.165) is 30.0 Å². The lowest BCUT2D eigenvalue weighted by molar-refractivity contribution is -0.116. The van der Waals surface area contributed by atoms with Gasteiger partial charge in [-0.1, -0.05) is 37.1 Å². The lowest BCUT2D eigenvalue weighted by Gasteiger charge is -2.00. The van der Waals surface area contributed by atoms with Crippen LogP contribution in [-0.4, -0.2) is 10.9 Å². The molecule has 0 aliphatic carbocycles. The van der Waals surface area contributed by atoms with Crippen LogP contribution in [0.15, 0.2) is 24.3 Å². The summed E-state index contributed by atoms with van der Waals surface area (Å²) in [5.41, 5.74) is 2.16. The Balaban J connectivity index is 2.01.